The molecule has 0 spiro atoms. The van der Waals surface area contributed by atoms with Crippen LogP contribution >= 0.6 is 0 Å². The Balaban J connectivity index is 1.36. The van der Waals surface area contributed by atoms with E-state index in [1.54, 1.807) is 0 Å². The molecule has 4 fully saturated rings. The van der Waals surface area contributed by atoms with Crippen LogP contribution < -0.4 is 0 Å². The molecule has 10 atom stereocenters. The molecule has 0 aromatic carbocycles. The lowest BCUT2D eigenvalue weighted by atomic mass is 9.44. The molecule has 4 saturated carbocycles. The predicted octanol–water partition coefficient (Wildman–Crippen LogP) is 8.29. The summed E-state index contributed by atoms with van der Waals surface area (Å²) >= 11 is 0. The zero-order valence-electron chi connectivity index (χ0n) is 22.1. The molecule has 0 saturated heterocycles. The molecule has 0 aromatic heterocycles. The van der Waals surface area contributed by atoms with Crippen LogP contribution in [0.1, 0.15) is 119 Å². The fourth-order valence-corrected chi connectivity index (χ4v) is 9.70. The van der Waals surface area contributed by atoms with Gasteiger partial charge in [-0.2, -0.15) is 0 Å². The minimum atomic E-state index is -0.144. The van der Waals surface area contributed by atoms with Crippen molar-refractivity contribution in [1.82, 2.24) is 0 Å². The lowest BCUT2D eigenvalue weighted by Crippen LogP contribution is -2.53. The van der Waals surface area contributed by atoms with Gasteiger partial charge in [-0.15, -0.1) is 0 Å². The largest absolute Gasteiger partial charge is 0.466 e. The summed E-state index contributed by atoms with van der Waals surface area (Å²) < 4.78 is 5.28. The zero-order valence-corrected chi connectivity index (χ0v) is 22.1. The van der Waals surface area contributed by atoms with Gasteiger partial charge >= 0.3 is 5.97 Å². The Kier molecular flexibility index (Phi) is 7.39. The Labute approximate surface area is 199 Å². The molecule has 0 aromatic rings. The van der Waals surface area contributed by atoms with Crippen LogP contribution in [0, 0.1) is 58.2 Å². The second-order valence-corrected chi connectivity index (χ2v) is 13.4. The standard InChI is InChI=1S/C30H52O2/c1-20(22(3)19-32-23(4)31)10-11-21(2)26-14-15-27-25-13-12-24-9-7-8-17-29(24,5)28(25)16-18-30(26,27)6/h20-22,24-28H,7-19H2,1-6H3. The first-order valence-corrected chi connectivity index (χ1v) is 14.3. The maximum absolute atomic E-state index is 11.2. The predicted molar refractivity (Wildman–Crippen MR) is 133 cm³/mol. The van der Waals surface area contributed by atoms with Crippen LogP contribution in [0.5, 0.6) is 0 Å². The quantitative estimate of drug-likeness (QED) is 0.369. The third-order valence-electron chi connectivity index (χ3n) is 11.9. The first kappa shape index (κ1) is 24.6. The summed E-state index contributed by atoms with van der Waals surface area (Å²) in [6.07, 6.45) is 17.7. The zero-order chi connectivity index (χ0) is 23.1. The van der Waals surface area contributed by atoms with E-state index >= 15 is 0 Å². The first-order valence-electron chi connectivity index (χ1n) is 14.3. The number of ether oxygens (including phenoxy) is 1. The van der Waals surface area contributed by atoms with Crippen molar-refractivity contribution in [1.29, 1.82) is 0 Å². The molecule has 0 bridgehead atoms. The molecule has 2 heteroatoms. The molecule has 184 valence electrons. The molecule has 4 aliphatic carbocycles. The monoisotopic (exact) mass is 444 g/mol. The first-order chi connectivity index (χ1) is 15.2. The maximum Gasteiger partial charge on any atom is 0.302 e. The fraction of sp³-hybridized carbons (Fsp3) is 0.967. The van der Waals surface area contributed by atoms with E-state index in [0.29, 0.717) is 29.3 Å². The van der Waals surface area contributed by atoms with Gasteiger partial charge in [-0.05, 0) is 110 Å². The van der Waals surface area contributed by atoms with E-state index in [-0.39, 0.29) is 5.97 Å². The molecular formula is C30H52O2. The summed E-state index contributed by atoms with van der Waals surface area (Å²) in [6.45, 7) is 14.7. The minimum absolute atomic E-state index is 0.144. The number of esters is 1. The number of hydrogen-bond acceptors (Lipinski definition) is 2. The van der Waals surface area contributed by atoms with E-state index in [2.05, 4.69) is 34.6 Å². The molecule has 10 unspecified atom stereocenters. The van der Waals surface area contributed by atoms with Crippen LogP contribution in [-0.2, 0) is 9.53 Å². The number of hydrogen-bond donors (Lipinski definition) is 0. The highest BCUT2D eigenvalue weighted by molar-refractivity contribution is 5.65. The summed E-state index contributed by atoms with van der Waals surface area (Å²) in [4.78, 5) is 11.2. The van der Waals surface area contributed by atoms with Crippen LogP contribution in [0.3, 0.4) is 0 Å². The van der Waals surface area contributed by atoms with Gasteiger partial charge in [-0.25, -0.2) is 0 Å². The van der Waals surface area contributed by atoms with E-state index in [1.165, 1.54) is 84.0 Å². The fourth-order valence-electron chi connectivity index (χ4n) is 9.70. The molecule has 4 rings (SSSR count). The molecule has 2 nitrogen and oxygen atoms in total. The Morgan fingerprint density at radius 1 is 0.844 bits per heavy atom. The van der Waals surface area contributed by atoms with Crippen LogP contribution in [-0.4, -0.2) is 12.6 Å². The van der Waals surface area contributed by atoms with Gasteiger partial charge in [0.1, 0.15) is 0 Å². The second-order valence-electron chi connectivity index (χ2n) is 13.4. The van der Waals surface area contributed by atoms with Crippen molar-refractivity contribution in [2.45, 2.75) is 119 Å². The number of carbonyl (C=O) groups is 1. The molecule has 32 heavy (non-hydrogen) atoms. The van der Waals surface area contributed by atoms with Crippen LogP contribution in [0.2, 0.25) is 0 Å². The topological polar surface area (TPSA) is 26.3 Å². The number of fused-ring (bicyclic) bond motifs is 5. The van der Waals surface area contributed by atoms with Gasteiger partial charge in [0, 0.05) is 6.92 Å². The van der Waals surface area contributed by atoms with Crippen molar-refractivity contribution < 1.29 is 9.53 Å². The highest BCUT2D eigenvalue weighted by Crippen LogP contribution is 2.68. The maximum atomic E-state index is 11.2. The van der Waals surface area contributed by atoms with Gasteiger partial charge < -0.3 is 4.74 Å². The van der Waals surface area contributed by atoms with E-state index in [4.69, 9.17) is 4.74 Å². The molecule has 0 aliphatic heterocycles. The Bertz CT molecular complexity index is 657. The summed E-state index contributed by atoms with van der Waals surface area (Å²) in [6, 6.07) is 0. The van der Waals surface area contributed by atoms with Crippen molar-refractivity contribution in [3.8, 4) is 0 Å². The summed E-state index contributed by atoms with van der Waals surface area (Å²) in [5, 5.41) is 0. The second kappa shape index (κ2) is 9.61. The SMILES string of the molecule is CC(=O)OCC(C)C(C)CCC(C)C1CCC2C3CCC4CCCCC4(C)C3CCC12C. The highest BCUT2D eigenvalue weighted by Gasteiger charge is 2.60. The van der Waals surface area contributed by atoms with E-state index < -0.39 is 0 Å². The third kappa shape index (κ3) is 4.43. The highest BCUT2D eigenvalue weighted by atomic mass is 16.5. The molecule has 0 heterocycles. The van der Waals surface area contributed by atoms with E-state index in [1.807, 2.05) is 0 Å². The van der Waals surface area contributed by atoms with Gasteiger partial charge in [-0.1, -0.05) is 60.3 Å². The third-order valence-corrected chi connectivity index (χ3v) is 11.9. The summed E-state index contributed by atoms with van der Waals surface area (Å²) in [5.41, 5.74) is 1.25. The Morgan fingerprint density at radius 2 is 1.59 bits per heavy atom. The number of carbonyl (C=O) groups excluding carboxylic acids is 1. The summed E-state index contributed by atoms with van der Waals surface area (Å²) in [5.74, 6) is 6.76. The van der Waals surface area contributed by atoms with Crippen LogP contribution in [0.4, 0.5) is 0 Å². The molecule has 0 radical (unpaired) electrons. The van der Waals surface area contributed by atoms with Gasteiger partial charge in [0.15, 0.2) is 0 Å². The van der Waals surface area contributed by atoms with Gasteiger partial charge in [0.2, 0.25) is 0 Å². The van der Waals surface area contributed by atoms with Crippen molar-refractivity contribution in [2.24, 2.45) is 58.2 Å². The average Bonchev–Trinajstić information content (AvgIpc) is 3.12. The molecule has 4 aliphatic rings. The van der Waals surface area contributed by atoms with Crippen molar-refractivity contribution in [2.75, 3.05) is 6.61 Å². The average molecular weight is 445 g/mol. The normalized spacial score (nSPS) is 44.0. The van der Waals surface area contributed by atoms with Crippen molar-refractivity contribution in [3.05, 3.63) is 0 Å². The van der Waals surface area contributed by atoms with Crippen LogP contribution in [0.25, 0.3) is 0 Å². The number of rotatable bonds is 7. The van der Waals surface area contributed by atoms with Crippen molar-refractivity contribution >= 4 is 5.97 Å². The van der Waals surface area contributed by atoms with Gasteiger partial charge in [0.05, 0.1) is 6.61 Å². The van der Waals surface area contributed by atoms with Gasteiger partial charge in [0.25, 0.3) is 0 Å². The lowest BCUT2D eigenvalue weighted by molar-refractivity contribution is -0.142. The molecule has 0 N–H and O–H groups in total. The molecular weight excluding hydrogens is 392 g/mol. The van der Waals surface area contributed by atoms with E-state index in [9.17, 15) is 4.79 Å². The van der Waals surface area contributed by atoms with Crippen LogP contribution in [0.15, 0.2) is 0 Å². The lowest BCUT2D eigenvalue weighted by Gasteiger charge is -2.61. The Morgan fingerprint density at radius 3 is 2.34 bits per heavy atom. The molecule has 0 amide bonds. The van der Waals surface area contributed by atoms with Crippen molar-refractivity contribution in [3.63, 3.8) is 0 Å². The minimum Gasteiger partial charge on any atom is -0.466 e. The van der Waals surface area contributed by atoms with E-state index in [0.717, 1.165) is 35.5 Å². The Hall–Kier alpha value is -0.530. The summed E-state index contributed by atoms with van der Waals surface area (Å²) in [7, 11) is 0. The van der Waals surface area contributed by atoms with Gasteiger partial charge in [-0.3, -0.25) is 4.79 Å². The smallest absolute Gasteiger partial charge is 0.302 e.